The maximum absolute atomic E-state index is 12.1. The van der Waals surface area contributed by atoms with Crippen LogP contribution in [0, 0.1) is 0 Å². The van der Waals surface area contributed by atoms with Crippen LogP contribution in [0.3, 0.4) is 0 Å². The van der Waals surface area contributed by atoms with Crippen LogP contribution in [0.1, 0.15) is 24.2 Å². The normalized spacial score (nSPS) is 10.6. The molecule has 0 aliphatic rings. The van der Waals surface area contributed by atoms with E-state index in [9.17, 15) is 9.59 Å². The summed E-state index contributed by atoms with van der Waals surface area (Å²) in [5, 5.41) is 0.983. The summed E-state index contributed by atoms with van der Waals surface area (Å²) < 4.78 is 1.92. The molecule has 1 amide bonds. The molecule has 1 heterocycles. The third kappa shape index (κ3) is 2.67. The number of rotatable bonds is 5. The maximum Gasteiger partial charge on any atom is 0.242 e. The van der Waals surface area contributed by atoms with Gasteiger partial charge < -0.3 is 9.47 Å². The van der Waals surface area contributed by atoms with Crippen LogP contribution in [0.25, 0.3) is 10.9 Å². The molecule has 1 aromatic heterocycles. The van der Waals surface area contributed by atoms with Gasteiger partial charge in [-0.2, -0.15) is 0 Å². The van der Waals surface area contributed by atoms with Gasteiger partial charge in [0.1, 0.15) is 12.8 Å². The van der Waals surface area contributed by atoms with E-state index in [-0.39, 0.29) is 5.91 Å². The van der Waals surface area contributed by atoms with Crippen LogP contribution >= 0.6 is 0 Å². The number of likely N-dealkylation sites (N-methyl/N-ethyl adjacent to an activating group) is 1. The Morgan fingerprint density at radius 3 is 2.63 bits per heavy atom. The van der Waals surface area contributed by atoms with Crippen molar-refractivity contribution >= 4 is 23.1 Å². The first kappa shape index (κ1) is 13.3. The molecule has 4 nitrogen and oxygen atoms in total. The molecule has 0 radical (unpaired) electrons. The Morgan fingerprint density at radius 2 is 2.00 bits per heavy atom. The Bertz CT molecular complexity index is 597. The zero-order valence-electron chi connectivity index (χ0n) is 11.3. The van der Waals surface area contributed by atoms with Gasteiger partial charge in [-0.25, -0.2) is 0 Å². The smallest absolute Gasteiger partial charge is 0.242 e. The van der Waals surface area contributed by atoms with E-state index < -0.39 is 0 Å². The molecule has 0 spiro atoms. The molecule has 2 aromatic rings. The van der Waals surface area contributed by atoms with Crippen LogP contribution in [0.4, 0.5) is 0 Å². The monoisotopic (exact) mass is 258 g/mol. The van der Waals surface area contributed by atoms with E-state index in [2.05, 4.69) is 0 Å². The molecule has 4 heteroatoms. The number of nitrogens with zero attached hydrogens (tertiary/aromatic N) is 2. The highest BCUT2D eigenvalue weighted by Crippen LogP contribution is 2.17. The first-order valence-corrected chi connectivity index (χ1v) is 6.51. The molecule has 0 unspecified atom stereocenters. The van der Waals surface area contributed by atoms with Crippen LogP contribution in [0.5, 0.6) is 0 Å². The third-order valence-corrected chi connectivity index (χ3v) is 3.35. The topological polar surface area (TPSA) is 42.3 Å². The van der Waals surface area contributed by atoms with Crippen LogP contribution < -0.4 is 0 Å². The quantitative estimate of drug-likeness (QED) is 0.772. The summed E-state index contributed by atoms with van der Waals surface area (Å²) in [6.07, 6.45) is 2.72. The average molecular weight is 258 g/mol. The minimum atomic E-state index is 0.113. The van der Waals surface area contributed by atoms with Gasteiger partial charge >= 0.3 is 0 Å². The van der Waals surface area contributed by atoms with Crippen LogP contribution in [0.2, 0.25) is 0 Å². The van der Waals surface area contributed by atoms with Crippen molar-refractivity contribution < 1.29 is 9.59 Å². The van der Waals surface area contributed by atoms with Gasteiger partial charge in [-0.1, -0.05) is 0 Å². The van der Waals surface area contributed by atoms with E-state index >= 15 is 0 Å². The fourth-order valence-corrected chi connectivity index (χ4v) is 2.25. The Balaban J connectivity index is 2.26. The Kier molecular flexibility index (Phi) is 4.00. The maximum atomic E-state index is 12.1. The van der Waals surface area contributed by atoms with Crippen molar-refractivity contribution in [2.75, 3.05) is 13.1 Å². The summed E-state index contributed by atoms with van der Waals surface area (Å²) in [6, 6.07) is 7.42. The highest BCUT2D eigenvalue weighted by atomic mass is 16.2. The molecule has 1 aromatic carbocycles. The minimum absolute atomic E-state index is 0.113. The Morgan fingerprint density at radius 1 is 1.26 bits per heavy atom. The SMILES string of the molecule is CCN(CC)C(=O)Cn1ccc2cc(C=O)ccc21. The zero-order chi connectivity index (χ0) is 13.8. The number of carbonyl (C=O) groups is 2. The number of aldehydes is 1. The predicted molar refractivity (Wildman–Crippen MR) is 75.3 cm³/mol. The summed E-state index contributed by atoms with van der Waals surface area (Å²) in [5.41, 5.74) is 1.63. The van der Waals surface area contributed by atoms with Crippen molar-refractivity contribution in [3.05, 3.63) is 36.0 Å². The van der Waals surface area contributed by atoms with Crippen molar-refractivity contribution in [2.24, 2.45) is 0 Å². The summed E-state index contributed by atoms with van der Waals surface area (Å²) in [4.78, 5) is 24.6. The van der Waals surface area contributed by atoms with Gasteiger partial charge in [-0.3, -0.25) is 9.59 Å². The van der Waals surface area contributed by atoms with Crippen LogP contribution in [0.15, 0.2) is 30.5 Å². The van der Waals surface area contributed by atoms with Gasteiger partial charge in [-0.05, 0) is 38.1 Å². The van der Waals surface area contributed by atoms with Crippen molar-refractivity contribution in [1.29, 1.82) is 0 Å². The van der Waals surface area contributed by atoms with E-state index in [0.717, 1.165) is 30.3 Å². The lowest BCUT2D eigenvalue weighted by molar-refractivity contribution is -0.131. The van der Waals surface area contributed by atoms with E-state index in [4.69, 9.17) is 0 Å². The second-order valence-corrected chi connectivity index (χ2v) is 4.45. The molecule has 0 aliphatic carbocycles. The van der Waals surface area contributed by atoms with Gasteiger partial charge in [0.15, 0.2) is 0 Å². The molecule has 0 N–H and O–H groups in total. The Labute approximate surface area is 112 Å². The summed E-state index contributed by atoms with van der Waals surface area (Å²) in [7, 11) is 0. The molecule has 100 valence electrons. The predicted octanol–water partition coefficient (Wildman–Crippen LogP) is 2.32. The van der Waals surface area contributed by atoms with Crippen LogP contribution in [-0.2, 0) is 11.3 Å². The average Bonchev–Trinajstić information content (AvgIpc) is 2.82. The molecule has 2 rings (SSSR count). The van der Waals surface area contributed by atoms with Crippen molar-refractivity contribution in [3.63, 3.8) is 0 Å². The van der Waals surface area contributed by atoms with Gasteiger partial charge in [-0.15, -0.1) is 0 Å². The first-order chi connectivity index (χ1) is 9.19. The van der Waals surface area contributed by atoms with E-state index in [1.807, 2.05) is 47.7 Å². The highest BCUT2D eigenvalue weighted by Gasteiger charge is 2.11. The van der Waals surface area contributed by atoms with Crippen molar-refractivity contribution in [2.45, 2.75) is 20.4 Å². The molecule has 0 fully saturated rings. The zero-order valence-corrected chi connectivity index (χ0v) is 11.3. The standard InChI is InChI=1S/C15H18N2O2/c1-3-16(4-2)15(19)10-17-8-7-13-9-12(11-18)5-6-14(13)17/h5-9,11H,3-4,10H2,1-2H3. The minimum Gasteiger partial charge on any atom is -0.342 e. The van der Waals surface area contributed by atoms with Gasteiger partial charge in [0, 0.05) is 35.8 Å². The second-order valence-electron chi connectivity index (χ2n) is 4.45. The number of fused-ring (bicyclic) bond motifs is 1. The summed E-state index contributed by atoms with van der Waals surface area (Å²) >= 11 is 0. The molecule has 0 aliphatic heterocycles. The van der Waals surface area contributed by atoms with Gasteiger partial charge in [0.2, 0.25) is 5.91 Å². The molecule has 0 atom stereocenters. The van der Waals surface area contributed by atoms with Crippen molar-refractivity contribution in [1.82, 2.24) is 9.47 Å². The second kappa shape index (κ2) is 5.69. The number of amides is 1. The number of aromatic nitrogens is 1. The van der Waals surface area contributed by atoms with E-state index in [1.54, 1.807) is 6.07 Å². The number of benzene rings is 1. The third-order valence-electron chi connectivity index (χ3n) is 3.35. The van der Waals surface area contributed by atoms with E-state index in [1.165, 1.54) is 0 Å². The van der Waals surface area contributed by atoms with Crippen molar-refractivity contribution in [3.8, 4) is 0 Å². The molecule has 0 saturated carbocycles. The molecule has 19 heavy (non-hydrogen) atoms. The fourth-order valence-electron chi connectivity index (χ4n) is 2.25. The number of hydrogen-bond acceptors (Lipinski definition) is 2. The molecular formula is C15H18N2O2. The number of carbonyl (C=O) groups excluding carboxylic acids is 2. The van der Waals surface area contributed by atoms with E-state index in [0.29, 0.717) is 12.1 Å². The Hall–Kier alpha value is -2.10. The largest absolute Gasteiger partial charge is 0.342 e. The fraction of sp³-hybridized carbons (Fsp3) is 0.333. The first-order valence-electron chi connectivity index (χ1n) is 6.51. The molecular weight excluding hydrogens is 240 g/mol. The molecule has 0 saturated heterocycles. The van der Waals surface area contributed by atoms with Gasteiger partial charge in [0.05, 0.1) is 0 Å². The van der Waals surface area contributed by atoms with Crippen LogP contribution in [-0.4, -0.2) is 34.7 Å². The lowest BCUT2D eigenvalue weighted by atomic mass is 10.2. The number of hydrogen-bond donors (Lipinski definition) is 0. The summed E-state index contributed by atoms with van der Waals surface area (Å²) in [5.74, 6) is 0.113. The lowest BCUT2D eigenvalue weighted by Gasteiger charge is -2.19. The van der Waals surface area contributed by atoms with Gasteiger partial charge in [0.25, 0.3) is 0 Å². The summed E-state index contributed by atoms with van der Waals surface area (Å²) in [6.45, 7) is 5.75. The molecule has 0 bridgehead atoms. The highest BCUT2D eigenvalue weighted by molar-refractivity contribution is 5.88. The lowest BCUT2D eigenvalue weighted by Crippen LogP contribution is -2.33.